The highest BCUT2D eigenvalue weighted by Gasteiger charge is 2.30. The van der Waals surface area contributed by atoms with Crippen molar-refractivity contribution in [2.45, 2.75) is 36.6 Å². The van der Waals surface area contributed by atoms with Gasteiger partial charge in [-0.3, -0.25) is 0 Å². The van der Waals surface area contributed by atoms with Crippen LogP contribution in [0.3, 0.4) is 0 Å². The van der Waals surface area contributed by atoms with E-state index in [4.69, 9.17) is 27.9 Å². The first kappa shape index (κ1) is 14.1. The van der Waals surface area contributed by atoms with Gasteiger partial charge in [0.2, 0.25) is 4.84 Å². The zero-order chi connectivity index (χ0) is 12.1. The molecule has 1 rings (SSSR count). The summed E-state index contributed by atoms with van der Waals surface area (Å²) in [6, 6.07) is 0. The van der Waals surface area contributed by atoms with Crippen LogP contribution >= 0.6 is 23.2 Å². The number of hydrogen-bond acceptors (Lipinski definition) is 3. The van der Waals surface area contributed by atoms with Crippen molar-refractivity contribution in [3.05, 3.63) is 0 Å². The lowest BCUT2D eigenvalue weighted by Crippen LogP contribution is -2.37. The molecule has 3 nitrogen and oxygen atoms in total. The van der Waals surface area contributed by atoms with Crippen LogP contribution in [0.15, 0.2) is 0 Å². The molecular weight excluding hydrogens is 249 g/mol. The Morgan fingerprint density at radius 3 is 2.56 bits per heavy atom. The number of ether oxygens (including phenoxy) is 1. The Morgan fingerprint density at radius 1 is 1.38 bits per heavy atom. The minimum Gasteiger partial charge on any atom is -0.460 e. The lowest BCUT2D eigenvalue weighted by molar-refractivity contribution is -0.151. The normalized spacial score (nSPS) is 26.1. The number of carbonyl (C=O) groups is 1. The van der Waals surface area contributed by atoms with E-state index in [0.717, 1.165) is 25.8 Å². The molecule has 0 heterocycles. The SMILES string of the molecule is CN(C)C[C@H]1CCCC[C@H]1OC(=O)C(Cl)Cl. The van der Waals surface area contributed by atoms with E-state index in [1.807, 2.05) is 14.1 Å². The highest BCUT2D eigenvalue weighted by atomic mass is 35.5. The lowest BCUT2D eigenvalue weighted by Gasteiger charge is -2.33. The Hall–Kier alpha value is 0.01000. The van der Waals surface area contributed by atoms with Crippen molar-refractivity contribution >= 4 is 29.2 Å². The van der Waals surface area contributed by atoms with Gasteiger partial charge < -0.3 is 9.64 Å². The predicted octanol–water partition coefficient (Wildman–Crippen LogP) is 2.45. The number of alkyl halides is 2. The van der Waals surface area contributed by atoms with E-state index >= 15 is 0 Å². The van der Waals surface area contributed by atoms with Gasteiger partial charge in [-0.05, 0) is 33.4 Å². The molecule has 0 aliphatic heterocycles. The Kier molecular flexibility index (Phi) is 5.87. The first-order valence-corrected chi connectivity index (χ1v) is 6.51. The summed E-state index contributed by atoms with van der Waals surface area (Å²) in [5, 5.41) is 0. The molecule has 0 aromatic carbocycles. The molecule has 1 fully saturated rings. The van der Waals surface area contributed by atoms with E-state index in [9.17, 15) is 4.79 Å². The minimum absolute atomic E-state index is 0.0244. The number of halogens is 2. The number of nitrogens with zero attached hydrogens (tertiary/aromatic N) is 1. The summed E-state index contributed by atoms with van der Waals surface area (Å²) in [5.74, 6) is -0.112. The molecule has 2 atom stereocenters. The fraction of sp³-hybridized carbons (Fsp3) is 0.909. The molecule has 0 aromatic heterocycles. The number of rotatable bonds is 4. The van der Waals surface area contributed by atoms with Gasteiger partial charge in [-0.1, -0.05) is 29.6 Å². The van der Waals surface area contributed by atoms with Crippen LogP contribution in [0.1, 0.15) is 25.7 Å². The van der Waals surface area contributed by atoms with Crippen LogP contribution in [-0.4, -0.2) is 42.4 Å². The van der Waals surface area contributed by atoms with Gasteiger partial charge in [0.15, 0.2) is 0 Å². The molecular formula is C11H19Cl2NO2. The summed E-state index contributed by atoms with van der Waals surface area (Å²) in [7, 11) is 4.05. The summed E-state index contributed by atoms with van der Waals surface area (Å²) in [4.78, 5) is 12.4. The Balaban J connectivity index is 2.49. The van der Waals surface area contributed by atoms with E-state index in [1.165, 1.54) is 6.42 Å². The Labute approximate surface area is 107 Å². The van der Waals surface area contributed by atoms with Gasteiger partial charge in [0.1, 0.15) is 6.10 Å². The molecule has 0 radical (unpaired) electrons. The van der Waals surface area contributed by atoms with Crippen LogP contribution in [0.5, 0.6) is 0 Å². The van der Waals surface area contributed by atoms with Crippen molar-refractivity contribution < 1.29 is 9.53 Å². The zero-order valence-electron chi connectivity index (χ0n) is 9.79. The first-order chi connectivity index (χ1) is 7.50. The van der Waals surface area contributed by atoms with Gasteiger partial charge in [0, 0.05) is 12.5 Å². The predicted molar refractivity (Wildman–Crippen MR) is 65.9 cm³/mol. The van der Waals surface area contributed by atoms with Crippen LogP contribution in [0, 0.1) is 5.92 Å². The van der Waals surface area contributed by atoms with Gasteiger partial charge in [0.05, 0.1) is 0 Å². The maximum absolute atomic E-state index is 11.3. The third-order valence-corrected chi connectivity index (χ3v) is 3.24. The molecule has 0 spiro atoms. The summed E-state index contributed by atoms with van der Waals surface area (Å²) >= 11 is 11.0. The average molecular weight is 268 g/mol. The van der Waals surface area contributed by atoms with Crippen LogP contribution in [0.4, 0.5) is 0 Å². The van der Waals surface area contributed by atoms with Crippen molar-refractivity contribution in [1.29, 1.82) is 0 Å². The monoisotopic (exact) mass is 267 g/mol. The van der Waals surface area contributed by atoms with Crippen LogP contribution in [-0.2, 0) is 9.53 Å². The largest absolute Gasteiger partial charge is 0.460 e. The molecule has 0 bridgehead atoms. The second-order valence-corrected chi connectivity index (χ2v) is 5.68. The van der Waals surface area contributed by atoms with Gasteiger partial charge in [0.25, 0.3) is 0 Å². The van der Waals surface area contributed by atoms with Crippen LogP contribution < -0.4 is 0 Å². The Bertz CT molecular complexity index is 234. The molecule has 1 aliphatic carbocycles. The summed E-state index contributed by atoms with van der Waals surface area (Å²) < 4.78 is 5.34. The van der Waals surface area contributed by atoms with Gasteiger partial charge in [-0.2, -0.15) is 0 Å². The second kappa shape index (κ2) is 6.67. The van der Waals surface area contributed by atoms with Crippen molar-refractivity contribution in [2.75, 3.05) is 20.6 Å². The fourth-order valence-corrected chi connectivity index (χ4v) is 2.31. The minimum atomic E-state index is -1.07. The fourth-order valence-electron chi connectivity index (χ4n) is 2.21. The van der Waals surface area contributed by atoms with E-state index < -0.39 is 10.8 Å². The first-order valence-electron chi connectivity index (χ1n) is 5.64. The van der Waals surface area contributed by atoms with Crippen molar-refractivity contribution in [2.24, 2.45) is 5.92 Å². The highest BCUT2D eigenvalue weighted by Crippen LogP contribution is 2.28. The number of carbonyl (C=O) groups excluding carboxylic acids is 1. The third-order valence-electron chi connectivity index (χ3n) is 2.88. The molecule has 94 valence electrons. The quantitative estimate of drug-likeness (QED) is 0.579. The van der Waals surface area contributed by atoms with E-state index in [1.54, 1.807) is 0 Å². The molecule has 0 saturated heterocycles. The van der Waals surface area contributed by atoms with Crippen molar-refractivity contribution in [1.82, 2.24) is 4.90 Å². The lowest BCUT2D eigenvalue weighted by atomic mass is 9.86. The molecule has 0 unspecified atom stereocenters. The maximum atomic E-state index is 11.3. The molecule has 5 heteroatoms. The topological polar surface area (TPSA) is 29.5 Å². The standard InChI is InChI=1S/C11H19Cl2NO2/c1-14(2)7-8-5-3-4-6-9(8)16-11(15)10(12)13/h8-10H,3-7H2,1-2H3/t8-,9-/m1/s1. The van der Waals surface area contributed by atoms with Crippen molar-refractivity contribution in [3.8, 4) is 0 Å². The van der Waals surface area contributed by atoms with E-state index in [2.05, 4.69) is 4.90 Å². The van der Waals surface area contributed by atoms with E-state index in [0.29, 0.717) is 5.92 Å². The highest BCUT2D eigenvalue weighted by molar-refractivity contribution is 6.52. The van der Waals surface area contributed by atoms with Crippen LogP contribution in [0.2, 0.25) is 0 Å². The summed E-state index contributed by atoms with van der Waals surface area (Å²) in [6.07, 6.45) is 4.31. The third kappa shape index (κ3) is 4.48. The van der Waals surface area contributed by atoms with Crippen LogP contribution in [0.25, 0.3) is 0 Å². The number of hydrogen-bond donors (Lipinski definition) is 0. The second-order valence-electron chi connectivity index (χ2n) is 4.58. The summed E-state index contributed by atoms with van der Waals surface area (Å²) in [5.41, 5.74) is 0. The smallest absolute Gasteiger partial charge is 0.339 e. The van der Waals surface area contributed by atoms with Gasteiger partial charge in [-0.15, -0.1) is 0 Å². The molecule has 1 saturated carbocycles. The van der Waals surface area contributed by atoms with Gasteiger partial charge >= 0.3 is 5.97 Å². The summed E-state index contributed by atoms with van der Waals surface area (Å²) in [6.45, 7) is 0.938. The number of esters is 1. The molecule has 16 heavy (non-hydrogen) atoms. The Morgan fingerprint density at radius 2 is 2.00 bits per heavy atom. The van der Waals surface area contributed by atoms with E-state index in [-0.39, 0.29) is 6.10 Å². The van der Waals surface area contributed by atoms with Gasteiger partial charge in [-0.25, -0.2) is 4.79 Å². The molecule has 0 N–H and O–H groups in total. The molecule has 1 aliphatic rings. The van der Waals surface area contributed by atoms with Crippen molar-refractivity contribution in [3.63, 3.8) is 0 Å². The average Bonchev–Trinajstić information content (AvgIpc) is 2.20. The molecule has 0 aromatic rings. The zero-order valence-corrected chi connectivity index (χ0v) is 11.3. The maximum Gasteiger partial charge on any atom is 0.339 e. The molecule has 0 amide bonds.